The molecule has 1 amide bonds. The van der Waals surface area contributed by atoms with E-state index in [4.69, 9.17) is 5.14 Å². The molecule has 0 saturated heterocycles. The highest BCUT2D eigenvalue weighted by atomic mass is 32.2. The molecule has 302 valence electrons. The summed E-state index contributed by atoms with van der Waals surface area (Å²) in [5.74, 6) is -2.59. The van der Waals surface area contributed by atoms with Gasteiger partial charge in [-0.05, 0) is 47.4 Å². The number of carbonyl (C=O) groups excluding carboxylic acids is 1. The Morgan fingerprint density at radius 2 is 1.47 bits per heavy atom. The quantitative estimate of drug-likeness (QED) is 0.0761. The first kappa shape index (κ1) is 44.1. The Morgan fingerprint density at radius 1 is 0.855 bits per heavy atom. The van der Waals surface area contributed by atoms with Crippen molar-refractivity contribution in [2.45, 2.75) is 107 Å². The Labute approximate surface area is 325 Å². The van der Waals surface area contributed by atoms with E-state index in [0.29, 0.717) is 27.8 Å². The molecule has 10 nitrogen and oxygen atoms in total. The van der Waals surface area contributed by atoms with Crippen molar-refractivity contribution in [1.82, 2.24) is 14.9 Å². The number of sulfonamides is 1. The summed E-state index contributed by atoms with van der Waals surface area (Å²) in [5.41, 5.74) is 0.402. The van der Waals surface area contributed by atoms with E-state index >= 15 is 0 Å². The third kappa shape index (κ3) is 12.2. The van der Waals surface area contributed by atoms with Gasteiger partial charge in [-0.2, -0.15) is 13.2 Å². The minimum Gasteiger partial charge on any atom is -0.353 e. The number of carbonyl (C=O) groups is 1. The number of thiazole rings is 1. The molecule has 0 aliphatic heterocycles. The second kappa shape index (κ2) is 19.5. The molecule has 1 atom stereocenters. The van der Waals surface area contributed by atoms with Crippen molar-refractivity contribution in [1.29, 1.82) is 0 Å². The predicted octanol–water partition coefficient (Wildman–Crippen LogP) is 7.99. The Balaban J connectivity index is 1.72. The molecule has 0 saturated carbocycles. The van der Waals surface area contributed by atoms with Crippen molar-refractivity contribution >= 4 is 47.3 Å². The summed E-state index contributed by atoms with van der Waals surface area (Å²) < 4.78 is 93.8. The smallest absolute Gasteiger partial charge is 0.353 e. The minimum absolute atomic E-state index is 0.0803. The van der Waals surface area contributed by atoms with Crippen LogP contribution in [0.5, 0.6) is 0 Å². The number of nitrogens with zero attached hydrogens (tertiary/aromatic N) is 2. The van der Waals surface area contributed by atoms with Gasteiger partial charge in [0.15, 0.2) is 9.84 Å². The zero-order chi connectivity index (χ0) is 40.3. The third-order valence-corrected chi connectivity index (χ3v) is 14.2. The number of rotatable bonds is 22. The third-order valence-electron chi connectivity index (χ3n) is 9.72. The molecule has 4 aromatic rings. The van der Waals surface area contributed by atoms with E-state index in [1.165, 1.54) is 48.8 Å². The summed E-state index contributed by atoms with van der Waals surface area (Å²) in [4.78, 5) is 31.1. The normalized spacial score (nSPS) is 13.6. The van der Waals surface area contributed by atoms with Gasteiger partial charge in [0.1, 0.15) is 5.01 Å². The van der Waals surface area contributed by atoms with Gasteiger partial charge in [0, 0.05) is 25.9 Å². The van der Waals surface area contributed by atoms with Crippen LogP contribution in [0.3, 0.4) is 0 Å². The van der Waals surface area contributed by atoms with Crippen LogP contribution in [0.1, 0.15) is 107 Å². The number of hydrogen-bond acceptors (Lipinski definition) is 8. The molecule has 0 bridgehead atoms. The van der Waals surface area contributed by atoms with E-state index in [1.54, 1.807) is 37.5 Å². The molecule has 2 aromatic carbocycles. The summed E-state index contributed by atoms with van der Waals surface area (Å²) in [7, 11) is -7.12. The van der Waals surface area contributed by atoms with Gasteiger partial charge in [0.25, 0.3) is 0 Å². The Kier molecular flexibility index (Phi) is 15.6. The summed E-state index contributed by atoms with van der Waals surface area (Å²) in [5, 5.41) is 7.56. The molecule has 2 aromatic heterocycles. The monoisotopic (exact) mass is 824 g/mol. The lowest BCUT2D eigenvalue weighted by atomic mass is 9.98. The number of benzene rings is 2. The van der Waals surface area contributed by atoms with Gasteiger partial charge in [-0.3, -0.25) is 9.59 Å². The molecular formula is C39H51F3N4O6S3. The molecule has 0 spiro atoms. The van der Waals surface area contributed by atoms with Crippen LogP contribution in [0.25, 0.3) is 21.3 Å². The number of aromatic nitrogens is 2. The van der Waals surface area contributed by atoms with E-state index in [1.807, 2.05) is 0 Å². The lowest BCUT2D eigenvalue weighted by Crippen LogP contribution is -2.51. The zero-order valence-electron chi connectivity index (χ0n) is 31.4. The largest absolute Gasteiger partial charge is 0.416 e. The minimum atomic E-state index is -4.73. The molecule has 0 fully saturated rings. The Hall–Kier alpha value is -3.60. The predicted molar refractivity (Wildman–Crippen MR) is 213 cm³/mol. The highest BCUT2D eigenvalue weighted by Gasteiger charge is 2.54. The second-order valence-corrected chi connectivity index (χ2v) is 19.1. The fraction of sp³-hybridized carbons (Fsp3) is 0.513. The van der Waals surface area contributed by atoms with Crippen LogP contribution in [0.15, 0.2) is 65.6 Å². The highest BCUT2D eigenvalue weighted by molar-refractivity contribution is 7.92. The summed E-state index contributed by atoms with van der Waals surface area (Å²) in [6.45, 7) is 1.70. The number of hydrogen-bond donors (Lipinski definition) is 2. The van der Waals surface area contributed by atoms with Gasteiger partial charge >= 0.3 is 6.18 Å². The molecule has 2 heterocycles. The Bertz CT molecular complexity index is 2190. The van der Waals surface area contributed by atoms with Crippen LogP contribution < -0.4 is 16.0 Å². The number of amides is 1. The van der Waals surface area contributed by atoms with Crippen molar-refractivity contribution in [3.63, 3.8) is 0 Å². The van der Waals surface area contributed by atoms with E-state index in [0.717, 1.165) is 61.6 Å². The number of halogens is 3. The van der Waals surface area contributed by atoms with Crippen LogP contribution >= 0.6 is 11.3 Å². The Morgan fingerprint density at radius 3 is 2.07 bits per heavy atom. The maximum absolute atomic E-state index is 14.8. The summed E-state index contributed by atoms with van der Waals surface area (Å²) >= 11 is 0.974. The van der Waals surface area contributed by atoms with Gasteiger partial charge in [-0.1, -0.05) is 108 Å². The number of alkyl halides is 3. The van der Waals surface area contributed by atoms with Crippen LogP contribution in [0, 0.1) is 0 Å². The maximum atomic E-state index is 14.8. The molecular weight excluding hydrogens is 774 g/mol. The number of unbranched alkanes of at least 4 members (excludes halogenated alkanes) is 11. The summed E-state index contributed by atoms with van der Waals surface area (Å²) in [6, 6.07) is 12.2. The molecule has 4 rings (SSSR count). The number of nitrogens with two attached hydrogens (primary N) is 1. The molecule has 16 heteroatoms. The van der Waals surface area contributed by atoms with Crippen molar-refractivity contribution in [3.05, 3.63) is 87.3 Å². The number of fused-ring (bicyclic) bond motifs is 1. The number of primary sulfonamides is 1. The molecule has 3 N–H and O–H groups in total. The van der Waals surface area contributed by atoms with E-state index in [-0.39, 0.29) is 29.0 Å². The number of sulfone groups is 1. The van der Waals surface area contributed by atoms with Gasteiger partial charge in [0.2, 0.25) is 26.2 Å². The van der Waals surface area contributed by atoms with Crippen LogP contribution in [-0.4, -0.2) is 44.6 Å². The topological polar surface area (TPSA) is 158 Å². The maximum Gasteiger partial charge on any atom is 0.416 e. The van der Waals surface area contributed by atoms with E-state index in [2.05, 4.69) is 17.2 Å². The second-order valence-electron chi connectivity index (χ2n) is 14.1. The lowest BCUT2D eigenvalue weighted by Gasteiger charge is -2.30. The van der Waals surface area contributed by atoms with Crippen molar-refractivity contribution in [2.24, 2.45) is 12.2 Å². The number of aryl methyl sites for hydroxylation is 1. The molecule has 0 aliphatic rings. The number of pyridine rings is 1. The van der Waals surface area contributed by atoms with Crippen LogP contribution in [-0.2, 0) is 48.4 Å². The lowest BCUT2D eigenvalue weighted by molar-refractivity contribution is -0.137. The van der Waals surface area contributed by atoms with Crippen molar-refractivity contribution in [2.75, 3.05) is 12.3 Å². The average molecular weight is 825 g/mol. The van der Waals surface area contributed by atoms with Crippen LogP contribution in [0.4, 0.5) is 13.2 Å². The summed E-state index contributed by atoms with van der Waals surface area (Å²) in [6.07, 6.45) is 8.66. The molecule has 0 aliphatic carbocycles. The van der Waals surface area contributed by atoms with Crippen LogP contribution in [0.2, 0.25) is 0 Å². The number of nitrogens with one attached hydrogen (secondary N) is 1. The SMILES string of the molecule is CCCCCCCCCCCCCCC(C(=O)NCCS(N)(=O)=O)(c1nc2ccc(-c3ccc(=O)n(C)c3)cc2s1)S(=O)(=O)Cc1cccc(C(F)(F)F)c1. The highest BCUT2D eigenvalue weighted by Crippen LogP contribution is 2.43. The van der Waals surface area contributed by atoms with Gasteiger partial charge in [-0.15, -0.1) is 11.3 Å². The van der Waals surface area contributed by atoms with Crippen molar-refractivity contribution < 1.29 is 34.8 Å². The van der Waals surface area contributed by atoms with E-state index < -0.39 is 60.3 Å². The first-order valence-corrected chi connectivity index (χ1v) is 22.9. The molecule has 55 heavy (non-hydrogen) atoms. The first-order chi connectivity index (χ1) is 26.0. The fourth-order valence-corrected chi connectivity index (χ4v) is 10.6. The zero-order valence-corrected chi connectivity index (χ0v) is 33.8. The standard InChI is InChI=1S/C39H51F3N4O6S3/c1-3-4-5-6-7-8-9-10-11-12-13-14-22-38(36(48)44-23-24-55(43,51)52,54(49,50)28-29-16-15-17-32(25-29)39(40,41)42)37-45-33-20-18-30(26-34(33)53-37)31-19-21-35(47)46(2)27-31/h15-21,25-27H,3-14,22-24,28H2,1-2H3,(H,44,48)(H2,43,51,52). The van der Waals surface area contributed by atoms with Gasteiger partial charge in [0.05, 0.1) is 27.3 Å². The fourth-order valence-electron chi connectivity index (χ4n) is 6.63. The average Bonchev–Trinajstić information content (AvgIpc) is 3.54. The van der Waals surface area contributed by atoms with Gasteiger partial charge < -0.3 is 9.88 Å². The van der Waals surface area contributed by atoms with Gasteiger partial charge in [-0.25, -0.2) is 27.0 Å². The van der Waals surface area contributed by atoms with E-state index in [9.17, 15) is 39.6 Å². The van der Waals surface area contributed by atoms with Crippen molar-refractivity contribution in [3.8, 4) is 11.1 Å². The molecule has 0 radical (unpaired) electrons. The molecule has 1 unspecified atom stereocenters. The first-order valence-electron chi connectivity index (χ1n) is 18.7.